The highest BCUT2D eigenvalue weighted by Crippen LogP contribution is 2.32. The maximum absolute atomic E-state index is 13.5. The Morgan fingerprint density at radius 1 is 1.40 bits per heavy atom. The first kappa shape index (κ1) is 9.96. The fourth-order valence-corrected chi connectivity index (χ4v) is 1.80. The monoisotopic (exact) mass is 209 g/mol. The summed E-state index contributed by atoms with van der Waals surface area (Å²) in [7, 11) is 1.54. The van der Waals surface area contributed by atoms with Gasteiger partial charge in [-0.2, -0.15) is 0 Å². The molecule has 0 atom stereocenters. The molecule has 0 saturated heterocycles. The van der Waals surface area contributed by atoms with Crippen molar-refractivity contribution in [3.8, 4) is 5.75 Å². The lowest BCUT2D eigenvalue weighted by Gasteiger charge is -2.11. The van der Waals surface area contributed by atoms with Gasteiger partial charge in [0.1, 0.15) is 11.6 Å². The van der Waals surface area contributed by atoms with Gasteiger partial charge in [0.2, 0.25) is 5.91 Å². The van der Waals surface area contributed by atoms with Gasteiger partial charge in [-0.15, -0.1) is 0 Å². The van der Waals surface area contributed by atoms with Gasteiger partial charge in [-0.05, 0) is 25.0 Å². The molecular formula is C11H12FNO2. The normalized spacial score (nSPS) is 15.2. The molecule has 0 unspecified atom stereocenters. The van der Waals surface area contributed by atoms with E-state index in [4.69, 9.17) is 4.74 Å². The minimum atomic E-state index is -0.402. The van der Waals surface area contributed by atoms with Crippen molar-refractivity contribution in [2.45, 2.75) is 19.3 Å². The molecule has 1 aliphatic rings. The predicted molar refractivity (Wildman–Crippen MR) is 54.5 cm³/mol. The van der Waals surface area contributed by atoms with E-state index in [0.29, 0.717) is 18.6 Å². The number of benzene rings is 1. The Bertz CT molecular complexity index is 404. The van der Waals surface area contributed by atoms with Crippen LogP contribution in [0.1, 0.15) is 18.4 Å². The number of carbonyl (C=O) groups excluding carboxylic acids is 1. The van der Waals surface area contributed by atoms with Crippen LogP contribution in [0.3, 0.4) is 0 Å². The number of hydrogen-bond donors (Lipinski definition) is 1. The lowest BCUT2D eigenvalue weighted by atomic mass is 10.1. The summed E-state index contributed by atoms with van der Waals surface area (Å²) in [6.07, 6.45) is 1.81. The zero-order valence-electron chi connectivity index (χ0n) is 8.47. The summed E-state index contributed by atoms with van der Waals surface area (Å²) < 4.78 is 18.6. The number of ether oxygens (including phenoxy) is 1. The maximum atomic E-state index is 13.5. The van der Waals surface area contributed by atoms with E-state index in [2.05, 4.69) is 5.32 Å². The van der Waals surface area contributed by atoms with E-state index in [1.807, 2.05) is 0 Å². The van der Waals surface area contributed by atoms with E-state index in [-0.39, 0.29) is 11.6 Å². The SMILES string of the molecule is COc1ccc(F)c2c1CCCC(=O)N2. The standard InChI is InChI=1S/C11H12FNO2/c1-15-9-6-5-8(12)11-7(9)3-2-4-10(14)13-11/h5-6H,2-4H2,1H3,(H,13,14). The molecule has 0 fully saturated rings. The van der Waals surface area contributed by atoms with Gasteiger partial charge in [0.25, 0.3) is 0 Å². The molecule has 0 spiro atoms. The molecule has 1 N–H and O–H groups in total. The first-order chi connectivity index (χ1) is 7.22. The van der Waals surface area contributed by atoms with Crippen LogP contribution in [-0.2, 0) is 11.2 Å². The van der Waals surface area contributed by atoms with Gasteiger partial charge in [-0.1, -0.05) is 0 Å². The Kier molecular flexibility index (Phi) is 2.58. The third-order valence-corrected chi connectivity index (χ3v) is 2.53. The van der Waals surface area contributed by atoms with Crippen LogP contribution in [0.4, 0.5) is 10.1 Å². The summed E-state index contributed by atoms with van der Waals surface area (Å²) in [6.45, 7) is 0. The smallest absolute Gasteiger partial charge is 0.224 e. The van der Waals surface area contributed by atoms with Crippen molar-refractivity contribution in [2.75, 3.05) is 12.4 Å². The third-order valence-electron chi connectivity index (χ3n) is 2.53. The van der Waals surface area contributed by atoms with Crippen molar-refractivity contribution in [3.63, 3.8) is 0 Å². The van der Waals surface area contributed by atoms with Crippen LogP contribution in [0.5, 0.6) is 5.75 Å². The van der Waals surface area contributed by atoms with Crippen LogP contribution < -0.4 is 10.1 Å². The predicted octanol–water partition coefficient (Wildman–Crippen LogP) is 2.11. The van der Waals surface area contributed by atoms with Gasteiger partial charge in [0.05, 0.1) is 12.8 Å². The number of nitrogens with one attached hydrogen (secondary N) is 1. The molecule has 1 aliphatic heterocycles. The molecule has 0 bridgehead atoms. The highest BCUT2D eigenvalue weighted by molar-refractivity contribution is 5.92. The molecule has 0 saturated carbocycles. The van der Waals surface area contributed by atoms with E-state index in [0.717, 1.165) is 12.0 Å². The Labute approximate surface area is 87.2 Å². The molecule has 0 radical (unpaired) electrons. The second kappa shape index (κ2) is 3.88. The molecule has 1 aromatic rings. The largest absolute Gasteiger partial charge is 0.496 e. The summed E-state index contributed by atoms with van der Waals surface area (Å²) >= 11 is 0. The minimum absolute atomic E-state index is 0.138. The highest BCUT2D eigenvalue weighted by Gasteiger charge is 2.19. The molecule has 4 heteroatoms. The van der Waals surface area contributed by atoms with Crippen molar-refractivity contribution in [2.24, 2.45) is 0 Å². The average Bonchev–Trinajstić information content (AvgIpc) is 2.41. The second-order valence-corrected chi connectivity index (χ2v) is 3.50. The molecule has 0 aliphatic carbocycles. The van der Waals surface area contributed by atoms with E-state index in [1.54, 1.807) is 13.2 Å². The van der Waals surface area contributed by atoms with E-state index >= 15 is 0 Å². The van der Waals surface area contributed by atoms with Crippen molar-refractivity contribution in [1.29, 1.82) is 0 Å². The number of methoxy groups -OCH3 is 1. The summed E-state index contributed by atoms with van der Waals surface area (Å²) in [5.41, 5.74) is 1.03. The quantitative estimate of drug-likeness (QED) is 0.769. The Balaban J connectivity index is 2.52. The third kappa shape index (κ3) is 1.79. The summed E-state index contributed by atoms with van der Waals surface area (Å²) in [6, 6.07) is 2.90. The number of anilines is 1. The number of amides is 1. The molecule has 0 aromatic heterocycles. The van der Waals surface area contributed by atoms with Crippen molar-refractivity contribution in [3.05, 3.63) is 23.5 Å². The summed E-state index contributed by atoms with van der Waals surface area (Å²) in [4.78, 5) is 11.3. The van der Waals surface area contributed by atoms with Crippen LogP contribution in [0.15, 0.2) is 12.1 Å². The van der Waals surface area contributed by atoms with Crippen molar-refractivity contribution in [1.82, 2.24) is 0 Å². The Hall–Kier alpha value is -1.58. The van der Waals surface area contributed by atoms with Crippen LogP contribution in [0, 0.1) is 5.82 Å². The maximum Gasteiger partial charge on any atom is 0.224 e. The molecule has 2 rings (SSSR count). The first-order valence-corrected chi connectivity index (χ1v) is 4.87. The lowest BCUT2D eigenvalue weighted by Crippen LogP contribution is -2.10. The van der Waals surface area contributed by atoms with Gasteiger partial charge in [-0.3, -0.25) is 4.79 Å². The summed E-state index contributed by atoms with van der Waals surface area (Å²) in [5, 5.41) is 2.57. The summed E-state index contributed by atoms with van der Waals surface area (Å²) in [5.74, 6) is 0.0931. The van der Waals surface area contributed by atoms with Gasteiger partial charge in [-0.25, -0.2) is 4.39 Å². The molecule has 1 heterocycles. The van der Waals surface area contributed by atoms with Crippen molar-refractivity contribution < 1.29 is 13.9 Å². The van der Waals surface area contributed by atoms with Gasteiger partial charge in [0, 0.05) is 12.0 Å². The fraction of sp³-hybridized carbons (Fsp3) is 0.364. The van der Waals surface area contributed by atoms with E-state index < -0.39 is 5.82 Å². The van der Waals surface area contributed by atoms with Crippen LogP contribution in [0.2, 0.25) is 0 Å². The van der Waals surface area contributed by atoms with Gasteiger partial charge >= 0.3 is 0 Å². The zero-order chi connectivity index (χ0) is 10.8. The zero-order valence-corrected chi connectivity index (χ0v) is 8.47. The van der Waals surface area contributed by atoms with E-state index in [9.17, 15) is 9.18 Å². The lowest BCUT2D eigenvalue weighted by molar-refractivity contribution is -0.116. The van der Waals surface area contributed by atoms with Gasteiger partial charge in [0.15, 0.2) is 0 Å². The molecule has 1 amide bonds. The number of rotatable bonds is 1. The average molecular weight is 209 g/mol. The second-order valence-electron chi connectivity index (χ2n) is 3.50. The van der Waals surface area contributed by atoms with Crippen LogP contribution >= 0.6 is 0 Å². The molecular weight excluding hydrogens is 197 g/mol. The molecule has 80 valence electrons. The van der Waals surface area contributed by atoms with Crippen molar-refractivity contribution >= 4 is 11.6 Å². The van der Waals surface area contributed by atoms with Crippen LogP contribution in [0.25, 0.3) is 0 Å². The van der Waals surface area contributed by atoms with E-state index in [1.165, 1.54) is 6.07 Å². The number of hydrogen-bond acceptors (Lipinski definition) is 2. The minimum Gasteiger partial charge on any atom is -0.496 e. The Morgan fingerprint density at radius 3 is 2.93 bits per heavy atom. The number of halogens is 1. The highest BCUT2D eigenvalue weighted by atomic mass is 19.1. The first-order valence-electron chi connectivity index (χ1n) is 4.87. The van der Waals surface area contributed by atoms with Gasteiger partial charge < -0.3 is 10.1 Å². The Morgan fingerprint density at radius 2 is 2.20 bits per heavy atom. The molecule has 15 heavy (non-hydrogen) atoms. The molecule has 3 nitrogen and oxygen atoms in total. The number of fused-ring (bicyclic) bond motifs is 1. The topological polar surface area (TPSA) is 38.3 Å². The molecule has 1 aromatic carbocycles. The van der Waals surface area contributed by atoms with Crippen LogP contribution in [-0.4, -0.2) is 13.0 Å². The number of carbonyl (C=O) groups is 1. The fourth-order valence-electron chi connectivity index (χ4n) is 1.80.